The van der Waals surface area contributed by atoms with Gasteiger partial charge >= 0.3 is 5.97 Å². The van der Waals surface area contributed by atoms with Crippen LogP contribution < -0.4 is 0 Å². The fourth-order valence-corrected chi connectivity index (χ4v) is 2.19. The van der Waals surface area contributed by atoms with Crippen LogP contribution in [-0.2, 0) is 17.6 Å². The van der Waals surface area contributed by atoms with Gasteiger partial charge in [0, 0.05) is 12.4 Å². The Hall–Kier alpha value is -2.16. The number of benzene rings is 1. The van der Waals surface area contributed by atoms with Crippen molar-refractivity contribution in [3.63, 3.8) is 0 Å². The monoisotopic (exact) mass is 269 g/mol. The zero-order chi connectivity index (χ0) is 14.4. The van der Waals surface area contributed by atoms with Crippen LogP contribution in [0.3, 0.4) is 0 Å². The Morgan fingerprint density at radius 2 is 1.90 bits per heavy atom. The minimum Gasteiger partial charge on any atom is -0.462 e. The van der Waals surface area contributed by atoms with Gasteiger partial charge in [-0.25, -0.2) is 4.79 Å². The Morgan fingerprint density at radius 3 is 2.65 bits per heavy atom. The van der Waals surface area contributed by atoms with Crippen LogP contribution in [0.25, 0.3) is 0 Å². The second kappa shape index (κ2) is 6.85. The number of ether oxygens (including phenoxy) is 1. The third-order valence-corrected chi connectivity index (χ3v) is 3.33. The Kier molecular flexibility index (Phi) is 4.88. The van der Waals surface area contributed by atoms with Gasteiger partial charge in [0.1, 0.15) is 0 Å². The average molecular weight is 269 g/mol. The zero-order valence-corrected chi connectivity index (χ0v) is 11.9. The third-order valence-electron chi connectivity index (χ3n) is 3.33. The molecule has 2 rings (SSSR count). The molecule has 0 aliphatic rings. The first-order chi connectivity index (χ1) is 9.72. The summed E-state index contributed by atoms with van der Waals surface area (Å²) in [4.78, 5) is 15.9. The summed E-state index contributed by atoms with van der Waals surface area (Å²) < 4.78 is 5.07. The second-order valence-corrected chi connectivity index (χ2v) is 4.68. The van der Waals surface area contributed by atoms with E-state index in [9.17, 15) is 4.79 Å². The molecule has 0 fully saturated rings. The van der Waals surface area contributed by atoms with Gasteiger partial charge in [0.25, 0.3) is 0 Å². The van der Waals surface area contributed by atoms with Crippen LogP contribution in [0.5, 0.6) is 0 Å². The number of pyridine rings is 1. The summed E-state index contributed by atoms with van der Waals surface area (Å²) in [6.45, 7) is 4.29. The molecule has 20 heavy (non-hydrogen) atoms. The molecule has 104 valence electrons. The minimum absolute atomic E-state index is 0.291. The lowest BCUT2D eigenvalue weighted by atomic mass is 9.99. The molecule has 0 bridgehead atoms. The van der Waals surface area contributed by atoms with Crippen LogP contribution in [0.2, 0.25) is 0 Å². The average Bonchev–Trinajstić information content (AvgIpc) is 2.47. The summed E-state index contributed by atoms with van der Waals surface area (Å²) in [5.74, 6) is -0.291. The van der Waals surface area contributed by atoms with Crippen LogP contribution in [-0.4, -0.2) is 17.6 Å². The fraction of sp³-hybridized carbons (Fsp3) is 0.294. The van der Waals surface area contributed by atoms with E-state index < -0.39 is 0 Å². The maximum Gasteiger partial charge on any atom is 0.339 e. The maximum absolute atomic E-state index is 11.9. The topological polar surface area (TPSA) is 39.2 Å². The fourth-order valence-electron chi connectivity index (χ4n) is 2.19. The number of aryl methyl sites for hydroxylation is 3. The number of esters is 1. The second-order valence-electron chi connectivity index (χ2n) is 4.68. The van der Waals surface area contributed by atoms with E-state index in [1.165, 1.54) is 11.1 Å². The van der Waals surface area contributed by atoms with Crippen LogP contribution in [0.4, 0.5) is 0 Å². The molecule has 0 spiro atoms. The molecule has 0 aliphatic carbocycles. The first-order valence-corrected chi connectivity index (χ1v) is 6.87. The lowest BCUT2D eigenvalue weighted by Crippen LogP contribution is -2.09. The number of aromatic nitrogens is 1. The molecule has 0 N–H and O–H groups in total. The minimum atomic E-state index is -0.291. The van der Waals surface area contributed by atoms with E-state index in [4.69, 9.17) is 4.74 Å². The number of carbonyl (C=O) groups is 1. The molecule has 3 heteroatoms. The lowest BCUT2D eigenvalue weighted by molar-refractivity contribution is 0.0524. The molecule has 0 atom stereocenters. The summed E-state index contributed by atoms with van der Waals surface area (Å²) in [6, 6.07) is 10.2. The van der Waals surface area contributed by atoms with E-state index in [-0.39, 0.29) is 5.97 Å². The van der Waals surface area contributed by atoms with Gasteiger partial charge in [0.05, 0.1) is 12.2 Å². The molecule has 0 aliphatic heterocycles. The predicted octanol–water partition coefficient (Wildman–Crippen LogP) is 3.35. The number of carbonyl (C=O) groups excluding carboxylic acids is 1. The molecule has 3 nitrogen and oxygen atoms in total. The van der Waals surface area contributed by atoms with Crippen molar-refractivity contribution in [2.45, 2.75) is 26.7 Å². The van der Waals surface area contributed by atoms with Crippen LogP contribution >= 0.6 is 0 Å². The number of nitrogens with zero attached hydrogens (tertiary/aromatic N) is 1. The van der Waals surface area contributed by atoms with E-state index in [1.54, 1.807) is 19.3 Å². The Morgan fingerprint density at radius 1 is 1.15 bits per heavy atom. The SMILES string of the molecule is CCOC(=O)c1cnccc1CCc1ccccc1C. The Bertz CT molecular complexity index is 593. The lowest BCUT2D eigenvalue weighted by Gasteiger charge is -2.09. The quantitative estimate of drug-likeness (QED) is 0.781. The molecule has 0 unspecified atom stereocenters. The number of hydrogen-bond donors (Lipinski definition) is 0. The van der Waals surface area contributed by atoms with Crippen molar-refractivity contribution in [1.82, 2.24) is 4.98 Å². The molecule has 0 saturated carbocycles. The Balaban J connectivity index is 2.14. The van der Waals surface area contributed by atoms with Crippen LogP contribution in [0.1, 0.15) is 34.0 Å². The highest BCUT2D eigenvalue weighted by atomic mass is 16.5. The zero-order valence-electron chi connectivity index (χ0n) is 11.9. The van der Waals surface area contributed by atoms with Gasteiger partial charge in [-0.3, -0.25) is 4.98 Å². The van der Waals surface area contributed by atoms with Crippen molar-refractivity contribution in [2.24, 2.45) is 0 Å². The van der Waals surface area contributed by atoms with Crippen molar-refractivity contribution in [3.8, 4) is 0 Å². The van der Waals surface area contributed by atoms with Crippen molar-refractivity contribution in [2.75, 3.05) is 6.61 Å². The largest absolute Gasteiger partial charge is 0.462 e. The number of rotatable bonds is 5. The molecule has 1 aromatic heterocycles. The summed E-state index contributed by atoms with van der Waals surface area (Å²) in [5, 5.41) is 0. The van der Waals surface area contributed by atoms with Crippen LogP contribution in [0, 0.1) is 6.92 Å². The van der Waals surface area contributed by atoms with Gasteiger partial charge in [-0.2, -0.15) is 0 Å². The van der Waals surface area contributed by atoms with Crippen molar-refractivity contribution in [3.05, 3.63) is 65.0 Å². The maximum atomic E-state index is 11.9. The normalized spacial score (nSPS) is 10.3. The molecule has 0 amide bonds. The number of hydrogen-bond acceptors (Lipinski definition) is 3. The summed E-state index contributed by atoms with van der Waals surface area (Å²) in [5.41, 5.74) is 4.14. The first-order valence-electron chi connectivity index (χ1n) is 6.87. The molecule has 2 aromatic rings. The summed E-state index contributed by atoms with van der Waals surface area (Å²) in [6.07, 6.45) is 5.02. The van der Waals surface area contributed by atoms with E-state index in [0.29, 0.717) is 12.2 Å². The molecular weight excluding hydrogens is 250 g/mol. The highest BCUT2D eigenvalue weighted by Gasteiger charge is 2.12. The highest BCUT2D eigenvalue weighted by molar-refractivity contribution is 5.90. The molecule has 0 saturated heterocycles. The van der Waals surface area contributed by atoms with Gasteiger partial charge < -0.3 is 4.74 Å². The van der Waals surface area contributed by atoms with E-state index in [0.717, 1.165) is 18.4 Å². The van der Waals surface area contributed by atoms with Crippen molar-refractivity contribution in [1.29, 1.82) is 0 Å². The van der Waals surface area contributed by atoms with Crippen molar-refractivity contribution < 1.29 is 9.53 Å². The van der Waals surface area contributed by atoms with Gasteiger partial charge in [0.15, 0.2) is 0 Å². The van der Waals surface area contributed by atoms with Crippen LogP contribution in [0.15, 0.2) is 42.7 Å². The Labute approximate surface area is 119 Å². The summed E-state index contributed by atoms with van der Waals surface area (Å²) in [7, 11) is 0. The first kappa shape index (κ1) is 14.3. The van der Waals surface area contributed by atoms with Gasteiger partial charge in [-0.1, -0.05) is 24.3 Å². The van der Waals surface area contributed by atoms with Crippen molar-refractivity contribution >= 4 is 5.97 Å². The van der Waals surface area contributed by atoms with E-state index >= 15 is 0 Å². The standard InChI is InChI=1S/C17H19NO2/c1-3-20-17(19)16-12-18-11-10-15(16)9-8-14-7-5-4-6-13(14)2/h4-7,10-12H,3,8-9H2,1-2H3. The van der Waals surface area contributed by atoms with Gasteiger partial charge in [-0.05, 0) is 49.4 Å². The highest BCUT2D eigenvalue weighted by Crippen LogP contribution is 2.15. The third kappa shape index (κ3) is 3.44. The van der Waals surface area contributed by atoms with Gasteiger partial charge in [-0.15, -0.1) is 0 Å². The van der Waals surface area contributed by atoms with E-state index in [2.05, 4.69) is 24.0 Å². The summed E-state index contributed by atoms with van der Waals surface area (Å²) >= 11 is 0. The molecular formula is C17H19NO2. The van der Waals surface area contributed by atoms with Gasteiger partial charge in [0.2, 0.25) is 0 Å². The smallest absolute Gasteiger partial charge is 0.339 e. The predicted molar refractivity (Wildman–Crippen MR) is 78.8 cm³/mol. The molecule has 1 aromatic carbocycles. The molecule has 0 radical (unpaired) electrons. The molecule has 1 heterocycles. The van der Waals surface area contributed by atoms with E-state index in [1.807, 2.05) is 18.2 Å².